The zero-order chi connectivity index (χ0) is 9.38. The maximum absolute atomic E-state index is 3.59. The van der Waals surface area contributed by atoms with Crippen LogP contribution in [0.2, 0.25) is 0 Å². The van der Waals surface area contributed by atoms with Crippen molar-refractivity contribution in [2.75, 3.05) is 6.54 Å². The Balaban J connectivity index is 1.93. The maximum Gasteiger partial charge on any atom is 0.0607 e. The van der Waals surface area contributed by atoms with Crippen LogP contribution in [0.5, 0.6) is 0 Å². The van der Waals surface area contributed by atoms with Crippen molar-refractivity contribution in [1.82, 2.24) is 10.6 Å². The van der Waals surface area contributed by atoms with Gasteiger partial charge in [0.15, 0.2) is 0 Å². The molecule has 2 heterocycles. The topological polar surface area (TPSA) is 24.1 Å². The molecule has 0 amide bonds. The lowest BCUT2D eigenvalue weighted by atomic mass is 9.95. The van der Waals surface area contributed by atoms with E-state index in [1.165, 1.54) is 30.5 Å². The molecule has 1 saturated heterocycles. The molecule has 74 valence electrons. The molecular weight excluding hydrogens is 172 g/mol. The van der Waals surface area contributed by atoms with Gasteiger partial charge in [-0.25, -0.2) is 0 Å². The molecule has 0 spiro atoms. The molecular formula is C12H16N2. The minimum atomic E-state index is 0.544. The highest BCUT2D eigenvalue weighted by molar-refractivity contribution is 5.29. The summed E-state index contributed by atoms with van der Waals surface area (Å²) in [6.07, 6.45) is 3.09. The molecule has 0 aliphatic carbocycles. The van der Waals surface area contributed by atoms with Crippen LogP contribution in [0.25, 0.3) is 0 Å². The number of hydrogen-bond donors (Lipinski definition) is 2. The van der Waals surface area contributed by atoms with Crippen LogP contribution in [0.15, 0.2) is 24.3 Å². The first-order valence-corrected chi connectivity index (χ1v) is 5.47. The summed E-state index contributed by atoms with van der Waals surface area (Å²) in [7, 11) is 0. The predicted octanol–water partition coefficient (Wildman–Crippen LogP) is 1.27. The van der Waals surface area contributed by atoms with E-state index < -0.39 is 0 Å². The summed E-state index contributed by atoms with van der Waals surface area (Å²) in [5, 5.41) is 7.11. The standard InChI is InChI=1S/C12H16N2/c1-2-4-11-8-14-12-10(5-6-13-12)7-9(11)3-1/h1-4,10,12-14H,5-8H2. The van der Waals surface area contributed by atoms with E-state index in [2.05, 4.69) is 34.9 Å². The summed E-state index contributed by atoms with van der Waals surface area (Å²) in [5.41, 5.74) is 3.01. The highest BCUT2D eigenvalue weighted by Gasteiger charge is 2.29. The highest BCUT2D eigenvalue weighted by atomic mass is 15.1. The molecule has 2 nitrogen and oxygen atoms in total. The van der Waals surface area contributed by atoms with Crippen LogP contribution in [-0.4, -0.2) is 12.7 Å². The van der Waals surface area contributed by atoms with Gasteiger partial charge >= 0.3 is 0 Å². The number of fused-ring (bicyclic) bond motifs is 2. The summed E-state index contributed by atoms with van der Waals surface area (Å²) >= 11 is 0. The fourth-order valence-corrected chi connectivity index (χ4v) is 2.65. The second-order valence-corrected chi connectivity index (χ2v) is 4.33. The quantitative estimate of drug-likeness (QED) is 0.640. The van der Waals surface area contributed by atoms with Gasteiger partial charge in [0.2, 0.25) is 0 Å². The van der Waals surface area contributed by atoms with Gasteiger partial charge < -0.3 is 5.32 Å². The maximum atomic E-state index is 3.59. The van der Waals surface area contributed by atoms with E-state index in [9.17, 15) is 0 Å². The Morgan fingerprint density at radius 3 is 2.86 bits per heavy atom. The summed E-state index contributed by atoms with van der Waals surface area (Å²) in [6, 6.07) is 8.80. The Morgan fingerprint density at radius 1 is 1.07 bits per heavy atom. The van der Waals surface area contributed by atoms with E-state index >= 15 is 0 Å². The third-order valence-electron chi connectivity index (χ3n) is 3.46. The van der Waals surface area contributed by atoms with Crippen LogP contribution >= 0.6 is 0 Å². The summed E-state index contributed by atoms with van der Waals surface area (Å²) in [5.74, 6) is 0.790. The van der Waals surface area contributed by atoms with Gasteiger partial charge in [0.25, 0.3) is 0 Å². The monoisotopic (exact) mass is 188 g/mol. The Kier molecular flexibility index (Phi) is 2.03. The number of nitrogens with one attached hydrogen (secondary N) is 2. The van der Waals surface area contributed by atoms with Crippen LogP contribution < -0.4 is 10.6 Å². The predicted molar refractivity (Wildman–Crippen MR) is 56.9 cm³/mol. The van der Waals surface area contributed by atoms with Crippen molar-refractivity contribution in [1.29, 1.82) is 0 Å². The average molecular weight is 188 g/mol. The minimum Gasteiger partial charge on any atom is -0.302 e. The zero-order valence-electron chi connectivity index (χ0n) is 8.29. The molecule has 0 radical (unpaired) electrons. The smallest absolute Gasteiger partial charge is 0.0607 e. The van der Waals surface area contributed by atoms with E-state index in [4.69, 9.17) is 0 Å². The first-order chi connectivity index (χ1) is 6.93. The summed E-state index contributed by atoms with van der Waals surface area (Å²) in [6.45, 7) is 2.19. The lowest BCUT2D eigenvalue weighted by molar-refractivity contribution is 0.386. The van der Waals surface area contributed by atoms with Crippen LogP contribution in [-0.2, 0) is 13.0 Å². The largest absolute Gasteiger partial charge is 0.302 e. The molecule has 2 aliphatic rings. The van der Waals surface area contributed by atoms with Crippen molar-refractivity contribution >= 4 is 0 Å². The Hall–Kier alpha value is -0.860. The number of rotatable bonds is 0. The second kappa shape index (κ2) is 3.37. The molecule has 2 N–H and O–H groups in total. The van der Waals surface area contributed by atoms with Crippen molar-refractivity contribution < 1.29 is 0 Å². The van der Waals surface area contributed by atoms with Gasteiger partial charge in [-0.15, -0.1) is 0 Å². The van der Waals surface area contributed by atoms with Gasteiger partial charge in [0.1, 0.15) is 0 Å². The molecule has 2 unspecified atom stereocenters. The molecule has 14 heavy (non-hydrogen) atoms. The molecule has 2 heteroatoms. The van der Waals surface area contributed by atoms with Gasteiger partial charge in [0, 0.05) is 6.54 Å². The minimum absolute atomic E-state index is 0.544. The molecule has 1 aromatic carbocycles. The van der Waals surface area contributed by atoms with Gasteiger partial charge in [0.05, 0.1) is 6.17 Å². The van der Waals surface area contributed by atoms with Gasteiger partial charge in [-0.2, -0.15) is 0 Å². The van der Waals surface area contributed by atoms with Crippen LogP contribution in [0.3, 0.4) is 0 Å². The first-order valence-electron chi connectivity index (χ1n) is 5.47. The second-order valence-electron chi connectivity index (χ2n) is 4.33. The zero-order valence-corrected chi connectivity index (χ0v) is 8.29. The van der Waals surface area contributed by atoms with Crippen LogP contribution in [0.1, 0.15) is 17.5 Å². The number of hydrogen-bond acceptors (Lipinski definition) is 2. The third kappa shape index (κ3) is 1.35. The molecule has 0 bridgehead atoms. The summed E-state index contributed by atoms with van der Waals surface area (Å²) < 4.78 is 0. The fourth-order valence-electron chi connectivity index (χ4n) is 2.65. The van der Waals surface area contributed by atoms with Gasteiger partial charge in [-0.05, 0) is 36.4 Å². The van der Waals surface area contributed by atoms with E-state index in [1.54, 1.807) is 0 Å². The Labute approximate surface area is 84.7 Å². The van der Waals surface area contributed by atoms with E-state index in [0.717, 1.165) is 12.5 Å². The van der Waals surface area contributed by atoms with E-state index in [0.29, 0.717) is 6.17 Å². The lowest BCUT2D eigenvalue weighted by Gasteiger charge is -2.16. The van der Waals surface area contributed by atoms with Crippen molar-refractivity contribution in [2.45, 2.75) is 25.6 Å². The van der Waals surface area contributed by atoms with Crippen molar-refractivity contribution in [3.8, 4) is 0 Å². The molecule has 2 atom stereocenters. The van der Waals surface area contributed by atoms with Crippen molar-refractivity contribution in [2.24, 2.45) is 5.92 Å². The van der Waals surface area contributed by atoms with Crippen LogP contribution in [0.4, 0.5) is 0 Å². The lowest BCUT2D eigenvalue weighted by Crippen LogP contribution is -2.40. The molecule has 1 aromatic rings. The summed E-state index contributed by atoms with van der Waals surface area (Å²) in [4.78, 5) is 0. The van der Waals surface area contributed by atoms with Crippen LogP contribution in [0, 0.1) is 5.92 Å². The average Bonchev–Trinajstić information content (AvgIpc) is 2.58. The Morgan fingerprint density at radius 2 is 1.93 bits per heavy atom. The van der Waals surface area contributed by atoms with Gasteiger partial charge in [-0.1, -0.05) is 24.3 Å². The Bertz CT molecular complexity index is 335. The number of benzene rings is 1. The SMILES string of the molecule is c1ccc2c(c1)CNC1NCCC1C2. The highest BCUT2D eigenvalue weighted by Crippen LogP contribution is 2.24. The normalized spacial score (nSPS) is 30.6. The molecule has 0 aromatic heterocycles. The third-order valence-corrected chi connectivity index (χ3v) is 3.46. The van der Waals surface area contributed by atoms with E-state index in [-0.39, 0.29) is 0 Å². The van der Waals surface area contributed by atoms with Crippen molar-refractivity contribution in [3.63, 3.8) is 0 Å². The molecule has 1 fully saturated rings. The van der Waals surface area contributed by atoms with Crippen molar-refractivity contribution in [3.05, 3.63) is 35.4 Å². The first kappa shape index (κ1) is 8.45. The molecule has 0 saturated carbocycles. The molecule has 3 rings (SSSR count). The van der Waals surface area contributed by atoms with Gasteiger partial charge in [-0.3, -0.25) is 5.32 Å². The fraction of sp³-hybridized carbons (Fsp3) is 0.500. The van der Waals surface area contributed by atoms with E-state index in [1.807, 2.05) is 0 Å². The molecule has 2 aliphatic heterocycles.